The maximum atomic E-state index is 13.0. The van der Waals surface area contributed by atoms with Gasteiger partial charge in [-0.25, -0.2) is 18.4 Å². The van der Waals surface area contributed by atoms with Gasteiger partial charge < -0.3 is 5.32 Å². The molecule has 8 heteroatoms. The first-order valence-corrected chi connectivity index (χ1v) is 14.1. The molecule has 0 radical (unpaired) electrons. The van der Waals surface area contributed by atoms with Gasteiger partial charge in [0.25, 0.3) is 10.0 Å². The van der Waals surface area contributed by atoms with Crippen molar-refractivity contribution in [3.63, 3.8) is 0 Å². The van der Waals surface area contributed by atoms with Crippen LogP contribution in [0.4, 0.5) is 11.5 Å². The van der Waals surface area contributed by atoms with Crippen molar-refractivity contribution in [2.45, 2.75) is 56.5 Å². The van der Waals surface area contributed by atoms with E-state index in [0.717, 1.165) is 35.5 Å². The van der Waals surface area contributed by atoms with E-state index >= 15 is 0 Å². The molecule has 3 rings (SSSR count). The maximum Gasteiger partial charge on any atom is 0.261 e. The number of hydrogen-bond acceptors (Lipinski definition) is 6. The average Bonchev–Trinajstić information content (AvgIpc) is 3.06. The molecule has 2 aromatic rings. The molecule has 0 saturated carbocycles. The lowest BCUT2D eigenvalue weighted by Crippen LogP contribution is -2.32. The van der Waals surface area contributed by atoms with E-state index in [9.17, 15) is 8.42 Å². The predicted octanol–water partition coefficient (Wildman–Crippen LogP) is 4.78. The van der Waals surface area contributed by atoms with E-state index in [-0.39, 0.29) is 4.90 Å². The molecule has 1 aromatic heterocycles. The highest BCUT2D eigenvalue weighted by Gasteiger charge is 2.17. The second kappa shape index (κ2) is 12.0. The number of thioether (sulfide) groups is 1. The Morgan fingerprint density at radius 2 is 1.82 bits per heavy atom. The van der Waals surface area contributed by atoms with Crippen LogP contribution in [0, 0.1) is 0 Å². The lowest BCUT2D eigenvalue weighted by Gasteiger charge is -2.13. The summed E-state index contributed by atoms with van der Waals surface area (Å²) in [6.07, 6.45) is 17.0. The zero-order valence-electron chi connectivity index (χ0n) is 20.1. The van der Waals surface area contributed by atoms with Crippen molar-refractivity contribution < 1.29 is 8.42 Å². The molecule has 1 aromatic carbocycles. The standard InChI is InChI=1S/C26H32N4O2S2/c1-5-10-23-24(11-6-2)28-26(33-4)29-25(23)27-20-14-16-22(17-15-20)34(31,32)30-21-13-9-8-12-19(7-3)18-21/h7-11,13-17,30H,5-6,12,18H2,1-4H3,(H,27,28,29)/b19-7-,23-10+,24-11+. The monoisotopic (exact) mass is 496 g/mol. The van der Waals surface area contributed by atoms with E-state index in [2.05, 4.69) is 46.0 Å². The number of aromatic nitrogens is 2. The molecule has 0 spiro atoms. The van der Waals surface area contributed by atoms with E-state index in [0.29, 0.717) is 23.1 Å². The third-order valence-electron chi connectivity index (χ3n) is 5.28. The summed E-state index contributed by atoms with van der Waals surface area (Å²) in [6, 6.07) is 6.72. The zero-order valence-corrected chi connectivity index (χ0v) is 21.8. The molecule has 0 aliphatic heterocycles. The molecule has 0 fully saturated rings. The van der Waals surface area contributed by atoms with Crippen LogP contribution in [0.5, 0.6) is 0 Å². The number of nitrogens with zero attached hydrogens (tertiary/aromatic N) is 2. The first kappa shape index (κ1) is 25.8. The van der Waals surface area contributed by atoms with Crippen LogP contribution in [0.1, 0.15) is 46.5 Å². The van der Waals surface area contributed by atoms with Gasteiger partial charge in [-0.3, -0.25) is 4.72 Å². The number of hydrogen-bond donors (Lipinski definition) is 2. The highest BCUT2D eigenvalue weighted by molar-refractivity contribution is 7.98. The van der Waals surface area contributed by atoms with E-state index in [4.69, 9.17) is 0 Å². The highest BCUT2D eigenvalue weighted by Crippen LogP contribution is 2.21. The van der Waals surface area contributed by atoms with Crippen molar-refractivity contribution in [1.82, 2.24) is 14.7 Å². The van der Waals surface area contributed by atoms with Gasteiger partial charge in [0.05, 0.1) is 10.2 Å². The smallest absolute Gasteiger partial charge is 0.261 e. The summed E-state index contributed by atoms with van der Waals surface area (Å²) in [5, 5.41) is 5.89. The first-order chi connectivity index (χ1) is 16.4. The Bertz CT molecular complexity index is 1330. The van der Waals surface area contributed by atoms with Crippen molar-refractivity contribution in [3.05, 3.63) is 70.4 Å². The van der Waals surface area contributed by atoms with Gasteiger partial charge in [0.15, 0.2) is 5.16 Å². The summed E-state index contributed by atoms with van der Waals surface area (Å²) in [5.74, 6) is 0.712. The van der Waals surface area contributed by atoms with E-state index in [1.807, 2.05) is 37.5 Å². The van der Waals surface area contributed by atoms with E-state index < -0.39 is 10.0 Å². The Hall–Kier alpha value is -2.84. The van der Waals surface area contributed by atoms with Crippen molar-refractivity contribution in [3.8, 4) is 0 Å². The van der Waals surface area contributed by atoms with Crippen LogP contribution in [0.15, 0.2) is 69.9 Å². The summed E-state index contributed by atoms with van der Waals surface area (Å²) < 4.78 is 28.7. The van der Waals surface area contributed by atoms with Crippen LogP contribution in [0.25, 0.3) is 12.2 Å². The zero-order chi connectivity index (χ0) is 24.6. The summed E-state index contributed by atoms with van der Waals surface area (Å²) in [6.45, 7) is 6.13. The molecule has 180 valence electrons. The third kappa shape index (κ3) is 6.61. The van der Waals surface area contributed by atoms with Gasteiger partial charge in [-0.05, 0) is 62.8 Å². The molecular weight excluding hydrogens is 464 g/mol. The molecule has 1 heterocycles. The molecular formula is C26H32N4O2S2. The van der Waals surface area contributed by atoms with E-state index in [1.54, 1.807) is 24.3 Å². The van der Waals surface area contributed by atoms with Gasteiger partial charge in [-0.1, -0.05) is 61.6 Å². The Balaban J connectivity index is 1.87. The van der Waals surface area contributed by atoms with Crippen LogP contribution in [0.3, 0.4) is 0 Å². The number of benzene rings is 1. The maximum absolute atomic E-state index is 13.0. The van der Waals surface area contributed by atoms with Gasteiger partial charge in [-0.2, -0.15) is 0 Å². The van der Waals surface area contributed by atoms with Gasteiger partial charge in [0.2, 0.25) is 0 Å². The quantitative estimate of drug-likeness (QED) is 0.311. The van der Waals surface area contributed by atoms with Crippen LogP contribution < -0.4 is 20.6 Å². The lowest BCUT2D eigenvalue weighted by atomic mass is 10.1. The fourth-order valence-electron chi connectivity index (χ4n) is 3.56. The van der Waals surface area contributed by atoms with Crippen LogP contribution >= 0.6 is 11.8 Å². The second-order valence-corrected chi connectivity index (χ2v) is 10.2. The second-order valence-electron chi connectivity index (χ2n) is 7.79. The first-order valence-electron chi connectivity index (χ1n) is 11.4. The molecule has 6 nitrogen and oxygen atoms in total. The average molecular weight is 497 g/mol. The Labute approximate surface area is 206 Å². The highest BCUT2D eigenvalue weighted by atomic mass is 32.2. The molecule has 0 amide bonds. The normalized spacial score (nSPS) is 16.5. The number of nitrogens with one attached hydrogen (secondary N) is 2. The number of allylic oxidation sites excluding steroid dienone is 5. The summed E-state index contributed by atoms with van der Waals surface area (Å²) in [7, 11) is -3.69. The third-order valence-corrected chi connectivity index (χ3v) is 7.25. The molecule has 2 N–H and O–H groups in total. The molecule has 1 aliphatic carbocycles. The van der Waals surface area contributed by atoms with E-state index in [1.165, 1.54) is 17.3 Å². The van der Waals surface area contributed by atoms with Crippen LogP contribution in [-0.2, 0) is 10.0 Å². The summed E-state index contributed by atoms with van der Waals surface area (Å²) in [5.41, 5.74) is 2.59. The molecule has 1 aliphatic rings. The van der Waals surface area contributed by atoms with Gasteiger partial charge in [-0.15, -0.1) is 0 Å². The fourth-order valence-corrected chi connectivity index (χ4v) is 5.03. The SMILES string of the molecule is C/C=C1/CC=CC=C(NS(=O)(=O)c2ccc(Nc3nc(SC)nc(=C/CC)/c3=C\CC)cc2)C1. The Kier molecular flexibility index (Phi) is 9.12. The fraction of sp³-hybridized carbons (Fsp3) is 0.308. The van der Waals surface area contributed by atoms with Gasteiger partial charge in [0.1, 0.15) is 5.82 Å². The molecule has 0 atom stereocenters. The largest absolute Gasteiger partial charge is 0.340 e. The van der Waals surface area contributed by atoms with Crippen molar-refractivity contribution in [2.24, 2.45) is 0 Å². The predicted molar refractivity (Wildman–Crippen MR) is 143 cm³/mol. The minimum Gasteiger partial charge on any atom is -0.340 e. The van der Waals surface area contributed by atoms with Crippen molar-refractivity contribution in [1.29, 1.82) is 0 Å². The molecule has 0 bridgehead atoms. The van der Waals surface area contributed by atoms with Crippen molar-refractivity contribution in [2.75, 3.05) is 11.6 Å². The Morgan fingerprint density at radius 3 is 2.47 bits per heavy atom. The minimum absolute atomic E-state index is 0.210. The van der Waals surface area contributed by atoms with Crippen LogP contribution in [0.2, 0.25) is 0 Å². The number of sulfonamides is 1. The molecule has 34 heavy (non-hydrogen) atoms. The Morgan fingerprint density at radius 1 is 1.09 bits per heavy atom. The number of anilines is 2. The topological polar surface area (TPSA) is 84.0 Å². The van der Waals surface area contributed by atoms with Crippen LogP contribution in [-0.4, -0.2) is 24.6 Å². The lowest BCUT2D eigenvalue weighted by molar-refractivity contribution is 0.587. The van der Waals surface area contributed by atoms with Gasteiger partial charge >= 0.3 is 0 Å². The summed E-state index contributed by atoms with van der Waals surface area (Å²) in [4.78, 5) is 9.52. The molecule has 0 saturated heterocycles. The molecule has 0 unspecified atom stereocenters. The van der Waals surface area contributed by atoms with Gasteiger partial charge in [0, 0.05) is 23.0 Å². The minimum atomic E-state index is -3.69. The van der Waals surface area contributed by atoms with Crippen molar-refractivity contribution >= 4 is 45.4 Å². The summed E-state index contributed by atoms with van der Waals surface area (Å²) >= 11 is 1.49. The number of rotatable bonds is 8.